The Hall–Kier alpha value is -2.32. The van der Waals surface area contributed by atoms with Crippen molar-refractivity contribution in [2.24, 2.45) is 0 Å². The summed E-state index contributed by atoms with van der Waals surface area (Å²) in [6, 6.07) is 13.0. The zero-order valence-corrected chi connectivity index (χ0v) is 11.9. The number of fused-ring (bicyclic) bond motifs is 2. The number of allylic oxidation sites excluding steroid dienone is 1. The molecule has 104 valence electrons. The van der Waals surface area contributed by atoms with E-state index in [-0.39, 0.29) is 5.56 Å². The zero-order valence-electron chi connectivity index (χ0n) is 11.2. The summed E-state index contributed by atoms with van der Waals surface area (Å²) in [4.78, 5) is 11.1. The van der Waals surface area contributed by atoms with Crippen molar-refractivity contribution in [3.63, 3.8) is 0 Å². The summed E-state index contributed by atoms with van der Waals surface area (Å²) in [5, 5.41) is 11.1. The van der Waals surface area contributed by atoms with Gasteiger partial charge in [0.2, 0.25) is 0 Å². The molecule has 0 saturated heterocycles. The van der Waals surface area contributed by atoms with Crippen LogP contribution in [0.25, 0.3) is 17.7 Å². The van der Waals surface area contributed by atoms with E-state index in [1.54, 1.807) is 18.2 Å². The fourth-order valence-corrected chi connectivity index (χ4v) is 2.73. The van der Waals surface area contributed by atoms with Gasteiger partial charge in [-0.1, -0.05) is 54.6 Å². The molecule has 0 fully saturated rings. The van der Waals surface area contributed by atoms with E-state index in [9.17, 15) is 9.90 Å². The number of carbonyl (C=O) groups excluding carboxylic acids is 1. The van der Waals surface area contributed by atoms with Gasteiger partial charge in [-0.2, -0.15) is 0 Å². The summed E-state index contributed by atoms with van der Waals surface area (Å²) >= 11 is 5.90. The van der Waals surface area contributed by atoms with Gasteiger partial charge in [0.1, 0.15) is 0 Å². The number of alkyl halides is 1. The Bertz CT molecular complexity index is 773. The molecule has 2 aromatic carbocycles. The first-order valence-electron chi connectivity index (χ1n) is 6.60. The van der Waals surface area contributed by atoms with Crippen LogP contribution in [0.15, 0.2) is 48.5 Å². The van der Waals surface area contributed by atoms with Crippen molar-refractivity contribution in [1.29, 1.82) is 0 Å². The molecular weight excluding hydrogens is 284 g/mol. The molecule has 21 heavy (non-hydrogen) atoms. The van der Waals surface area contributed by atoms with Crippen molar-refractivity contribution in [2.45, 2.75) is 0 Å². The molecule has 0 saturated carbocycles. The maximum Gasteiger partial charge on any atom is 0.0715 e. The van der Waals surface area contributed by atoms with E-state index < -0.39 is 5.97 Å². The topological polar surface area (TPSA) is 40.1 Å². The Morgan fingerprint density at radius 1 is 1.05 bits per heavy atom. The van der Waals surface area contributed by atoms with E-state index in [2.05, 4.69) is 0 Å². The van der Waals surface area contributed by atoms with Gasteiger partial charge in [-0.25, -0.2) is 0 Å². The van der Waals surface area contributed by atoms with Gasteiger partial charge in [0.15, 0.2) is 0 Å². The van der Waals surface area contributed by atoms with Gasteiger partial charge >= 0.3 is 0 Å². The molecule has 0 heterocycles. The molecule has 0 spiro atoms. The number of hydrogen-bond acceptors (Lipinski definition) is 2. The predicted octanol–water partition coefficient (Wildman–Crippen LogP) is 3.20. The lowest BCUT2D eigenvalue weighted by Crippen LogP contribution is -2.22. The molecule has 3 rings (SSSR count). The van der Waals surface area contributed by atoms with Crippen molar-refractivity contribution < 1.29 is 9.90 Å². The van der Waals surface area contributed by atoms with Gasteiger partial charge in [0.25, 0.3) is 0 Å². The van der Waals surface area contributed by atoms with Crippen LogP contribution in [-0.2, 0) is 0 Å². The minimum absolute atomic E-state index is 0.169. The standard InChI is InChI=1S/C18H13ClO2/c19-10-9-16-15-4-2-1-3-12(15)5-6-13-7-8-14(18(20)21)11-17(13)16/h1-9,11H,10H2,(H,20,21)/p-1/b16-9+. The van der Waals surface area contributed by atoms with Crippen molar-refractivity contribution >= 4 is 35.3 Å². The van der Waals surface area contributed by atoms with E-state index in [1.807, 2.05) is 42.5 Å². The van der Waals surface area contributed by atoms with Crippen LogP contribution in [0.2, 0.25) is 0 Å². The summed E-state index contributed by atoms with van der Waals surface area (Å²) in [6.07, 6.45) is 5.93. The molecule has 2 nitrogen and oxygen atoms in total. The van der Waals surface area contributed by atoms with Gasteiger partial charge in [0, 0.05) is 5.88 Å². The highest BCUT2D eigenvalue weighted by molar-refractivity contribution is 6.19. The van der Waals surface area contributed by atoms with Crippen molar-refractivity contribution in [3.05, 3.63) is 76.4 Å². The second kappa shape index (κ2) is 5.58. The van der Waals surface area contributed by atoms with Crippen LogP contribution in [0.3, 0.4) is 0 Å². The quantitative estimate of drug-likeness (QED) is 0.681. The molecule has 0 N–H and O–H groups in total. The molecule has 2 aromatic rings. The maximum absolute atomic E-state index is 11.1. The first kappa shape index (κ1) is 13.7. The number of carboxylic acid groups (broad SMARTS) is 1. The lowest BCUT2D eigenvalue weighted by atomic mass is 9.92. The van der Waals surface area contributed by atoms with Crippen LogP contribution < -0.4 is 5.11 Å². The number of rotatable bonds is 2. The second-order valence-corrected chi connectivity index (χ2v) is 5.09. The molecule has 0 atom stereocenters. The molecule has 0 amide bonds. The van der Waals surface area contributed by atoms with Crippen molar-refractivity contribution in [1.82, 2.24) is 0 Å². The van der Waals surface area contributed by atoms with Crippen molar-refractivity contribution in [2.75, 3.05) is 5.88 Å². The molecule has 0 bridgehead atoms. The van der Waals surface area contributed by atoms with Crippen LogP contribution in [0.4, 0.5) is 0 Å². The number of aromatic carboxylic acids is 1. The lowest BCUT2D eigenvalue weighted by Gasteiger charge is -2.13. The predicted molar refractivity (Wildman–Crippen MR) is 83.9 cm³/mol. The van der Waals surface area contributed by atoms with Gasteiger partial charge in [-0.3, -0.25) is 0 Å². The molecule has 3 heteroatoms. The number of hydrogen-bond donors (Lipinski definition) is 0. The van der Waals surface area contributed by atoms with E-state index in [1.165, 1.54) is 0 Å². The van der Waals surface area contributed by atoms with Crippen LogP contribution in [0, 0.1) is 0 Å². The third-order valence-corrected chi connectivity index (χ3v) is 3.71. The van der Waals surface area contributed by atoms with Crippen molar-refractivity contribution in [3.8, 4) is 0 Å². The Balaban J connectivity index is 2.29. The molecule has 1 aliphatic rings. The van der Waals surface area contributed by atoms with E-state index in [4.69, 9.17) is 11.6 Å². The Morgan fingerprint density at radius 2 is 1.76 bits per heavy atom. The van der Waals surface area contributed by atoms with Gasteiger partial charge in [0.05, 0.1) is 5.97 Å². The SMILES string of the molecule is O=C([O-])c1ccc2c(c1)/C(=C/CCl)c1ccccc1C=C2. The minimum atomic E-state index is -1.18. The summed E-state index contributed by atoms with van der Waals surface area (Å²) < 4.78 is 0. The summed E-state index contributed by atoms with van der Waals surface area (Å²) in [6.45, 7) is 0. The molecule has 0 radical (unpaired) electrons. The monoisotopic (exact) mass is 295 g/mol. The van der Waals surface area contributed by atoms with E-state index >= 15 is 0 Å². The van der Waals surface area contributed by atoms with E-state index in [0.29, 0.717) is 5.88 Å². The molecule has 0 aromatic heterocycles. The summed E-state index contributed by atoms with van der Waals surface area (Å²) in [5.74, 6) is -0.817. The van der Waals surface area contributed by atoms with Crippen LogP contribution in [0.5, 0.6) is 0 Å². The summed E-state index contributed by atoms with van der Waals surface area (Å²) in [5.41, 5.74) is 5.07. The largest absolute Gasteiger partial charge is 0.545 e. The van der Waals surface area contributed by atoms with E-state index in [0.717, 1.165) is 27.8 Å². The van der Waals surface area contributed by atoms with Gasteiger partial charge in [-0.15, -0.1) is 11.6 Å². The highest BCUT2D eigenvalue weighted by Gasteiger charge is 2.15. The summed E-state index contributed by atoms with van der Waals surface area (Å²) in [7, 11) is 0. The normalized spacial score (nSPS) is 14.4. The van der Waals surface area contributed by atoms with Crippen LogP contribution in [-0.4, -0.2) is 11.8 Å². The Labute approximate surface area is 128 Å². The number of benzene rings is 2. The smallest absolute Gasteiger partial charge is 0.0715 e. The minimum Gasteiger partial charge on any atom is -0.545 e. The zero-order chi connectivity index (χ0) is 14.8. The number of halogens is 1. The highest BCUT2D eigenvalue weighted by Crippen LogP contribution is 2.34. The third-order valence-electron chi connectivity index (χ3n) is 3.55. The molecule has 1 aliphatic carbocycles. The second-order valence-electron chi connectivity index (χ2n) is 4.78. The third kappa shape index (κ3) is 2.50. The molecular formula is C18H12ClO2-. The van der Waals surface area contributed by atoms with Crippen LogP contribution in [0.1, 0.15) is 32.6 Å². The first-order valence-corrected chi connectivity index (χ1v) is 7.13. The molecule has 0 aliphatic heterocycles. The number of carboxylic acids is 1. The average Bonchev–Trinajstić information content (AvgIpc) is 2.65. The maximum atomic E-state index is 11.1. The number of carbonyl (C=O) groups is 1. The van der Waals surface area contributed by atoms with Crippen LogP contribution >= 0.6 is 11.6 Å². The molecule has 0 unspecified atom stereocenters. The Kier molecular flexibility index (Phi) is 3.63. The highest BCUT2D eigenvalue weighted by atomic mass is 35.5. The Morgan fingerprint density at radius 3 is 2.48 bits per heavy atom. The fraction of sp³-hybridized carbons (Fsp3) is 0.0556. The van der Waals surface area contributed by atoms with Gasteiger partial charge in [-0.05, 0) is 39.5 Å². The first-order chi connectivity index (χ1) is 10.2. The van der Waals surface area contributed by atoms with Gasteiger partial charge < -0.3 is 9.90 Å². The fourth-order valence-electron chi connectivity index (χ4n) is 2.57. The average molecular weight is 296 g/mol. The lowest BCUT2D eigenvalue weighted by molar-refractivity contribution is -0.255.